The number of carbonyl (C=O) groups is 4. The molecule has 0 bridgehead atoms. The number of ketones is 1. The number of benzene rings is 3. The second-order valence-electron chi connectivity index (χ2n) is 7.02. The molecule has 0 unspecified atom stereocenters. The van der Waals surface area contributed by atoms with Gasteiger partial charge in [-0.15, -0.1) is 0 Å². The number of hydrogen-bond acceptors (Lipinski definition) is 6. The molecular formula is C22H15N3O6S. The van der Waals surface area contributed by atoms with Crippen LogP contribution in [0.15, 0.2) is 70.5 Å². The van der Waals surface area contributed by atoms with Crippen molar-refractivity contribution in [2.24, 2.45) is 11.5 Å². The van der Waals surface area contributed by atoms with E-state index < -0.39 is 33.3 Å². The summed E-state index contributed by atoms with van der Waals surface area (Å²) in [6.07, 6.45) is 0. The molecule has 0 aromatic heterocycles. The van der Waals surface area contributed by atoms with Gasteiger partial charge in [0.05, 0.1) is 9.79 Å². The van der Waals surface area contributed by atoms with E-state index >= 15 is 0 Å². The molecular weight excluding hydrogens is 434 g/mol. The van der Waals surface area contributed by atoms with Crippen molar-refractivity contribution in [1.82, 2.24) is 0 Å². The molecule has 1 heterocycles. The maximum absolute atomic E-state index is 13.0. The minimum Gasteiger partial charge on any atom is -0.366 e. The zero-order chi connectivity index (χ0) is 23.2. The number of nitrogens with two attached hydrogens (primary N) is 2. The van der Waals surface area contributed by atoms with Gasteiger partial charge in [-0.3, -0.25) is 19.2 Å². The predicted octanol–water partition coefficient (Wildman–Crippen LogP) is 1.51. The van der Waals surface area contributed by atoms with E-state index in [1.54, 1.807) is 6.07 Å². The number of rotatable bonds is 4. The van der Waals surface area contributed by atoms with Crippen LogP contribution in [0.2, 0.25) is 0 Å². The summed E-state index contributed by atoms with van der Waals surface area (Å²) in [5.74, 6) is -2.86. The molecule has 1 aliphatic heterocycles. The Morgan fingerprint density at radius 3 is 1.94 bits per heavy atom. The van der Waals surface area contributed by atoms with Crippen LogP contribution in [0.3, 0.4) is 0 Å². The van der Waals surface area contributed by atoms with Crippen LogP contribution in [0.5, 0.6) is 0 Å². The molecule has 0 saturated heterocycles. The third kappa shape index (κ3) is 3.42. The number of carbonyl (C=O) groups excluding carboxylic acids is 4. The average Bonchev–Trinajstić information content (AvgIpc) is 2.77. The molecule has 32 heavy (non-hydrogen) atoms. The van der Waals surface area contributed by atoms with E-state index in [0.29, 0.717) is 0 Å². The molecule has 3 amide bonds. The third-order valence-corrected chi connectivity index (χ3v) is 6.81. The Morgan fingerprint density at radius 2 is 1.31 bits per heavy atom. The molecule has 10 heteroatoms. The standard InChI is InChI=1S/C22H15N3O6S/c23-20(27)12-7-13(21(24)28)9-14(8-12)25-22(29)11-5-6-16-18(10-11)32(30,31)17-4-2-1-3-15(17)19(16)26/h1-10H,(H2,23,27)(H2,24,28)(H,25,29). The van der Waals surface area contributed by atoms with Crippen LogP contribution in [-0.2, 0) is 9.84 Å². The Hall–Kier alpha value is -4.31. The Balaban J connectivity index is 1.74. The zero-order valence-corrected chi connectivity index (χ0v) is 17.1. The van der Waals surface area contributed by atoms with Gasteiger partial charge >= 0.3 is 0 Å². The lowest BCUT2D eigenvalue weighted by Crippen LogP contribution is -2.22. The first-order valence-electron chi connectivity index (χ1n) is 9.18. The van der Waals surface area contributed by atoms with Crippen molar-refractivity contribution < 1.29 is 27.6 Å². The lowest BCUT2D eigenvalue weighted by Gasteiger charge is -2.19. The monoisotopic (exact) mass is 449 g/mol. The Morgan fingerprint density at radius 1 is 0.719 bits per heavy atom. The summed E-state index contributed by atoms with van der Waals surface area (Å²) in [6.45, 7) is 0. The van der Waals surface area contributed by atoms with Gasteiger partial charge in [0.15, 0.2) is 5.78 Å². The largest absolute Gasteiger partial charge is 0.366 e. The van der Waals surface area contributed by atoms with Gasteiger partial charge in [-0.25, -0.2) is 8.42 Å². The molecule has 0 radical (unpaired) electrons. The highest BCUT2D eigenvalue weighted by atomic mass is 32.2. The first kappa shape index (κ1) is 20.9. The first-order valence-corrected chi connectivity index (χ1v) is 10.7. The summed E-state index contributed by atoms with van der Waals surface area (Å²) in [7, 11) is -4.02. The Kier molecular flexibility index (Phi) is 4.86. The number of anilines is 1. The number of hydrogen-bond donors (Lipinski definition) is 3. The van der Waals surface area contributed by atoms with Crippen molar-refractivity contribution in [2.45, 2.75) is 9.79 Å². The summed E-state index contributed by atoms with van der Waals surface area (Å²) < 4.78 is 26.1. The maximum Gasteiger partial charge on any atom is 0.255 e. The summed E-state index contributed by atoms with van der Waals surface area (Å²) in [5, 5.41) is 2.48. The smallest absolute Gasteiger partial charge is 0.255 e. The third-order valence-electron chi connectivity index (χ3n) is 4.96. The van der Waals surface area contributed by atoms with Gasteiger partial charge in [0.25, 0.3) is 5.91 Å². The maximum atomic E-state index is 13.0. The van der Waals surface area contributed by atoms with Crippen molar-refractivity contribution >= 4 is 39.0 Å². The molecule has 0 atom stereocenters. The van der Waals surface area contributed by atoms with Crippen molar-refractivity contribution in [3.8, 4) is 0 Å². The number of amides is 3. The number of sulfone groups is 1. The van der Waals surface area contributed by atoms with Crippen LogP contribution in [0, 0.1) is 0 Å². The first-order chi connectivity index (χ1) is 15.1. The summed E-state index contributed by atoms with van der Waals surface area (Å²) >= 11 is 0. The van der Waals surface area contributed by atoms with E-state index in [1.165, 1.54) is 48.5 Å². The quantitative estimate of drug-likeness (QED) is 0.427. The van der Waals surface area contributed by atoms with Crippen molar-refractivity contribution in [3.63, 3.8) is 0 Å². The van der Waals surface area contributed by atoms with Gasteiger partial charge in [0, 0.05) is 33.5 Å². The highest BCUT2D eigenvalue weighted by Crippen LogP contribution is 2.34. The molecule has 1 aliphatic rings. The van der Waals surface area contributed by atoms with E-state index in [0.717, 1.165) is 6.07 Å². The van der Waals surface area contributed by atoms with Crippen LogP contribution >= 0.6 is 0 Å². The van der Waals surface area contributed by atoms with E-state index in [1.807, 2.05) is 0 Å². The van der Waals surface area contributed by atoms with Gasteiger partial charge in [0.1, 0.15) is 0 Å². The van der Waals surface area contributed by atoms with Gasteiger partial charge < -0.3 is 16.8 Å². The van der Waals surface area contributed by atoms with Crippen LogP contribution in [0.25, 0.3) is 0 Å². The van der Waals surface area contributed by atoms with Gasteiger partial charge in [-0.2, -0.15) is 0 Å². The lowest BCUT2D eigenvalue weighted by atomic mass is 10.0. The topological polar surface area (TPSA) is 166 Å². The zero-order valence-electron chi connectivity index (χ0n) is 16.3. The molecule has 0 aliphatic carbocycles. The molecule has 9 nitrogen and oxygen atoms in total. The molecule has 0 spiro atoms. The van der Waals surface area contributed by atoms with E-state index in [-0.39, 0.29) is 43.3 Å². The Labute approximate surface area is 182 Å². The average molecular weight is 449 g/mol. The summed E-state index contributed by atoms with van der Waals surface area (Å²) in [5.41, 5.74) is 10.4. The summed E-state index contributed by atoms with van der Waals surface area (Å²) in [4.78, 5) is 48.1. The van der Waals surface area contributed by atoms with E-state index in [2.05, 4.69) is 5.32 Å². The molecule has 3 aromatic carbocycles. The highest BCUT2D eigenvalue weighted by Gasteiger charge is 2.35. The van der Waals surface area contributed by atoms with Crippen LogP contribution < -0.4 is 16.8 Å². The number of primary amides is 2. The van der Waals surface area contributed by atoms with Crippen LogP contribution in [0.4, 0.5) is 5.69 Å². The van der Waals surface area contributed by atoms with Crippen LogP contribution in [-0.4, -0.2) is 31.9 Å². The molecule has 160 valence electrons. The normalized spacial score (nSPS) is 13.6. The van der Waals surface area contributed by atoms with Gasteiger partial charge in [-0.05, 0) is 48.5 Å². The molecule has 3 aromatic rings. The van der Waals surface area contributed by atoms with Crippen molar-refractivity contribution in [1.29, 1.82) is 0 Å². The fourth-order valence-corrected chi connectivity index (χ4v) is 5.09. The lowest BCUT2D eigenvalue weighted by molar-refractivity contribution is 0.0993. The van der Waals surface area contributed by atoms with Crippen LogP contribution in [0.1, 0.15) is 47.0 Å². The molecule has 5 N–H and O–H groups in total. The minimum atomic E-state index is -4.02. The predicted molar refractivity (Wildman–Crippen MR) is 113 cm³/mol. The second-order valence-corrected chi connectivity index (χ2v) is 8.91. The fraction of sp³-hybridized carbons (Fsp3) is 0. The number of nitrogens with one attached hydrogen (secondary N) is 1. The fourth-order valence-electron chi connectivity index (χ4n) is 3.41. The van der Waals surface area contributed by atoms with Crippen molar-refractivity contribution in [3.05, 3.63) is 88.5 Å². The number of fused-ring (bicyclic) bond motifs is 2. The van der Waals surface area contributed by atoms with Gasteiger partial charge in [-0.1, -0.05) is 12.1 Å². The second kappa shape index (κ2) is 7.43. The van der Waals surface area contributed by atoms with E-state index in [9.17, 15) is 27.6 Å². The van der Waals surface area contributed by atoms with Crippen molar-refractivity contribution in [2.75, 3.05) is 5.32 Å². The van der Waals surface area contributed by atoms with Gasteiger partial charge in [0.2, 0.25) is 21.7 Å². The molecule has 4 rings (SSSR count). The molecule has 0 fully saturated rings. The summed E-state index contributed by atoms with van der Waals surface area (Å²) in [6, 6.07) is 13.2. The van der Waals surface area contributed by atoms with E-state index in [4.69, 9.17) is 11.5 Å². The highest BCUT2D eigenvalue weighted by molar-refractivity contribution is 7.91. The minimum absolute atomic E-state index is 0.0352. The SMILES string of the molecule is NC(=O)c1cc(NC(=O)c2ccc3c(c2)S(=O)(=O)c2ccccc2C3=O)cc(C(N)=O)c1. The molecule has 0 saturated carbocycles. The Bertz CT molecular complexity index is 1430.